The zero-order valence-corrected chi connectivity index (χ0v) is 19.7. The normalized spacial score (nSPS) is 17.3. The number of aliphatic imine (C=N–C) groups is 2. The maximum atomic E-state index is 13.3. The highest BCUT2D eigenvalue weighted by Gasteiger charge is 2.42. The molecule has 11 heteroatoms. The van der Waals surface area contributed by atoms with Crippen molar-refractivity contribution < 1.29 is 28.6 Å². The lowest BCUT2D eigenvalue weighted by molar-refractivity contribution is -0.139. The predicted octanol–water partition coefficient (Wildman–Crippen LogP) is 2.38. The van der Waals surface area contributed by atoms with E-state index in [0.717, 1.165) is 17.3 Å². The van der Waals surface area contributed by atoms with Gasteiger partial charge in [0.1, 0.15) is 11.9 Å². The minimum absolute atomic E-state index is 0.00653. The predicted molar refractivity (Wildman–Crippen MR) is 129 cm³/mol. The van der Waals surface area contributed by atoms with Crippen LogP contribution in [0.4, 0.5) is 5.69 Å². The molecule has 0 spiro atoms. The highest BCUT2D eigenvalue weighted by molar-refractivity contribution is 8.14. The number of rotatable bonds is 7. The number of nitrogens with one attached hydrogen (secondary N) is 1. The van der Waals surface area contributed by atoms with E-state index in [0.29, 0.717) is 33.8 Å². The Balaban J connectivity index is 1.28. The summed E-state index contributed by atoms with van der Waals surface area (Å²) in [5.41, 5.74) is 2.20. The van der Waals surface area contributed by atoms with Crippen LogP contribution in [0.25, 0.3) is 0 Å². The van der Waals surface area contributed by atoms with Crippen LogP contribution in [-0.4, -0.2) is 58.9 Å². The van der Waals surface area contributed by atoms with E-state index >= 15 is 0 Å². The maximum Gasteiger partial charge on any atom is 0.316 e. The molecule has 35 heavy (non-hydrogen) atoms. The summed E-state index contributed by atoms with van der Waals surface area (Å²) in [7, 11) is 0. The summed E-state index contributed by atoms with van der Waals surface area (Å²) in [5.74, 6) is 0.676. The molecule has 0 aliphatic carbocycles. The Hall–Kier alpha value is -3.86. The van der Waals surface area contributed by atoms with E-state index in [1.54, 1.807) is 13.0 Å². The average Bonchev–Trinajstić information content (AvgIpc) is 3.46. The summed E-state index contributed by atoms with van der Waals surface area (Å²) < 4.78 is 15.6. The van der Waals surface area contributed by atoms with Crippen molar-refractivity contribution in [1.29, 1.82) is 0 Å². The van der Waals surface area contributed by atoms with Crippen LogP contribution in [0, 0.1) is 0 Å². The van der Waals surface area contributed by atoms with Crippen molar-refractivity contribution in [3.63, 3.8) is 0 Å². The van der Waals surface area contributed by atoms with Crippen molar-refractivity contribution in [1.82, 2.24) is 10.2 Å². The van der Waals surface area contributed by atoms with E-state index in [9.17, 15) is 14.4 Å². The van der Waals surface area contributed by atoms with E-state index in [1.807, 2.05) is 36.4 Å². The number of amides is 2. The van der Waals surface area contributed by atoms with E-state index in [2.05, 4.69) is 15.3 Å². The molecule has 10 nitrogen and oxygen atoms in total. The second-order valence-corrected chi connectivity index (χ2v) is 8.76. The van der Waals surface area contributed by atoms with Crippen molar-refractivity contribution in [2.24, 2.45) is 9.98 Å². The monoisotopic (exact) mass is 494 g/mol. The number of para-hydroxylation sites is 1. The number of fused-ring (bicyclic) bond motifs is 4. The number of benzene rings is 2. The zero-order valence-electron chi connectivity index (χ0n) is 18.9. The molecule has 3 heterocycles. The Labute approximate surface area is 205 Å². The fourth-order valence-corrected chi connectivity index (χ4v) is 4.66. The van der Waals surface area contributed by atoms with E-state index in [4.69, 9.17) is 14.2 Å². The third kappa shape index (κ3) is 4.72. The smallest absolute Gasteiger partial charge is 0.316 e. The second kappa shape index (κ2) is 9.79. The van der Waals surface area contributed by atoms with E-state index < -0.39 is 12.0 Å². The van der Waals surface area contributed by atoms with E-state index in [-0.39, 0.29) is 43.9 Å². The standard InChI is InChI=1S/C24H22N4O6S/c1-2-32-21(30)12-35-24-27-16-6-4-3-5-15(16)22-26-17(23(31)28(22)24)10-20(29)25-11-14-7-8-18-19(9-14)34-13-33-18/h3-9,17H,2,10-13H2,1H3,(H,25,29)/t17-/m1/s1. The molecule has 3 aliphatic rings. The van der Waals surface area contributed by atoms with Gasteiger partial charge < -0.3 is 19.5 Å². The highest BCUT2D eigenvalue weighted by atomic mass is 32.2. The van der Waals surface area contributed by atoms with Crippen LogP contribution in [0.15, 0.2) is 52.4 Å². The van der Waals surface area contributed by atoms with Crippen LogP contribution in [0.5, 0.6) is 11.5 Å². The number of nitrogens with zero attached hydrogens (tertiary/aromatic N) is 3. The van der Waals surface area contributed by atoms with Gasteiger partial charge in [-0.2, -0.15) is 0 Å². The van der Waals surface area contributed by atoms with E-state index in [1.165, 1.54) is 4.90 Å². The van der Waals surface area contributed by atoms with Gasteiger partial charge in [-0.3, -0.25) is 19.4 Å². The molecule has 0 saturated carbocycles. The van der Waals surface area contributed by atoms with Gasteiger partial charge in [0.15, 0.2) is 16.7 Å². The molecule has 0 unspecified atom stereocenters. The number of esters is 1. The topological polar surface area (TPSA) is 119 Å². The molecule has 3 aliphatic heterocycles. The summed E-state index contributed by atoms with van der Waals surface area (Å²) in [4.78, 5) is 48.3. The molecule has 0 saturated heterocycles. The SMILES string of the molecule is CCOC(=O)CSC1=Nc2ccccc2C2=N[C@H](CC(=O)NCc3ccc4c(c3)OCO4)C(=O)N12. The van der Waals surface area contributed by atoms with Gasteiger partial charge in [-0.15, -0.1) is 0 Å². The molecular formula is C24H22N4O6S. The summed E-state index contributed by atoms with van der Waals surface area (Å²) >= 11 is 1.10. The Bertz CT molecular complexity index is 1260. The van der Waals surface area contributed by atoms with Gasteiger partial charge in [-0.05, 0) is 36.8 Å². The summed E-state index contributed by atoms with van der Waals surface area (Å²) in [6.45, 7) is 2.46. The summed E-state index contributed by atoms with van der Waals surface area (Å²) in [6, 6.07) is 11.9. The number of hydrogen-bond donors (Lipinski definition) is 1. The van der Waals surface area contributed by atoms with Gasteiger partial charge in [0, 0.05) is 12.1 Å². The first-order valence-corrected chi connectivity index (χ1v) is 12.1. The van der Waals surface area contributed by atoms with Crippen molar-refractivity contribution in [3.05, 3.63) is 53.6 Å². The fourth-order valence-electron chi connectivity index (χ4n) is 3.86. The number of carbonyl (C=O) groups is 3. The number of thioether (sulfide) groups is 1. The lowest BCUT2D eigenvalue weighted by atomic mass is 10.1. The van der Waals surface area contributed by atoms with Crippen molar-refractivity contribution in [3.8, 4) is 11.5 Å². The van der Waals surface area contributed by atoms with Crippen LogP contribution < -0.4 is 14.8 Å². The Kier molecular flexibility index (Phi) is 6.41. The van der Waals surface area contributed by atoms with Crippen molar-refractivity contribution >= 4 is 46.2 Å². The van der Waals surface area contributed by atoms with Crippen LogP contribution in [0.1, 0.15) is 24.5 Å². The number of carbonyl (C=O) groups excluding carboxylic acids is 3. The second-order valence-electron chi connectivity index (χ2n) is 7.82. The third-order valence-corrected chi connectivity index (χ3v) is 6.39. The Morgan fingerprint density at radius 2 is 2.03 bits per heavy atom. The highest BCUT2D eigenvalue weighted by Crippen LogP contribution is 2.34. The van der Waals surface area contributed by atoms with Gasteiger partial charge in [-0.1, -0.05) is 30.0 Å². The lowest BCUT2D eigenvalue weighted by Crippen LogP contribution is -2.42. The number of ether oxygens (including phenoxy) is 3. The first-order chi connectivity index (χ1) is 17.0. The maximum absolute atomic E-state index is 13.3. The molecule has 2 aromatic carbocycles. The fraction of sp³-hybridized carbons (Fsp3) is 0.292. The molecule has 2 amide bonds. The van der Waals surface area contributed by atoms with Gasteiger partial charge in [0.25, 0.3) is 5.91 Å². The van der Waals surface area contributed by atoms with Crippen LogP contribution >= 0.6 is 11.8 Å². The zero-order chi connectivity index (χ0) is 24.4. The first kappa shape index (κ1) is 22.9. The van der Waals surface area contributed by atoms with Crippen molar-refractivity contribution in [2.75, 3.05) is 19.2 Å². The Morgan fingerprint density at radius 3 is 2.89 bits per heavy atom. The lowest BCUT2D eigenvalue weighted by Gasteiger charge is -2.25. The molecule has 0 fully saturated rings. The van der Waals surface area contributed by atoms with Gasteiger partial charge in [0.2, 0.25) is 12.7 Å². The Morgan fingerprint density at radius 1 is 1.20 bits per heavy atom. The number of amidine groups is 2. The van der Waals surface area contributed by atoms with Crippen LogP contribution in [-0.2, 0) is 25.7 Å². The van der Waals surface area contributed by atoms with Gasteiger partial charge in [0.05, 0.1) is 24.5 Å². The minimum atomic E-state index is -0.888. The average molecular weight is 495 g/mol. The van der Waals surface area contributed by atoms with Crippen LogP contribution in [0.3, 0.4) is 0 Å². The molecule has 0 radical (unpaired) electrons. The van der Waals surface area contributed by atoms with Crippen LogP contribution in [0.2, 0.25) is 0 Å². The molecule has 180 valence electrons. The van der Waals surface area contributed by atoms with Gasteiger partial charge in [-0.25, -0.2) is 9.89 Å². The first-order valence-electron chi connectivity index (χ1n) is 11.1. The minimum Gasteiger partial charge on any atom is -0.465 e. The number of hydrogen-bond acceptors (Lipinski definition) is 9. The molecule has 1 N–H and O–H groups in total. The third-order valence-electron chi connectivity index (χ3n) is 5.48. The quantitative estimate of drug-likeness (QED) is 0.587. The molecule has 0 bridgehead atoms. The molecule has 0 aromatic heterocycles. The molecular weight excluding hydrogens is 472 g/mol. The largest absolute Gasteiger partial charge is 0.465 e. The molecule has 2 aromatic rings. The molecule has 5 rings (SSSR count). The summed E-state index contributed by atoms with van der Waals surface area (Å²) in [6.07, 6.45) is -0.110. The van der Waals surface area contributed by atoms with Crippen molar-refractivity contribution in [2.45, 2.75) is 25.9 Å². The molecule has 1 atom stereocenters. The van der Waals surface area contributed by atoms with Gasteiger partial charge >= 0.3 is 5.97 Å². The summed E-state index contributed by atoms with van der Waals surface area (Å²) in [5, 5.41) is 3.17.